The Bertz CT molecular complexity index is 379. The van der Waals surface area contributed by atoms with Gasteiger partial charge in [-0.1, -0.05) is 18.2 Å². The first-order valence-electron chi connectivity index (χ1n) is 4.17. The van der Waals surface area contributed by atoms with Gasteiger partial charge < -0.3 is 5.11 Å². The lowest BCUT2D eigenvalue weighted by Crippen LogP contribution is -1.79. The molecule has 0 saturated carbocycles. The molecule has 70 valence electrons. The van der Waals surface area contributed by atoms with Gasteiger partial charge in [0.05, 0.1) is 0 Å². The molecule has 0 spiro atoms. The number of phenolic OH excluding ortho intramolecular Hbond substituents is 1. The van der Waals surface area contributed by atoms with Crippen LogP contribution in [0.15, 0.2) is 47.2 Å². The van der Waals surface area contributed by atoms with Gasteiger partial charge in [-0.25, -0.2) is 4.98 Å². The van der Waals surface area contributed by atoms with E-state index in [4.69, 9.17) is 5.11 Å². The molecule has 3 heteroatoms. The Morgan fingerprint density at radius 1 is 0.929 bits per heavy atom. The Kier molecular flexibility index (Phi) is 2.50. The first-order valence-corrected chi connectivity index (χ1v) is 4.96. The molecule has 2 aromatic rings. The molecule has 2 rings (SSSR count). The van der Waals surface area contributed by atoms with E-state index in [0.29, 0.717) is 0 Å². The second-order valence-electron chi connectivity index (χ2n) is 2.92. The third-order valence-electron chi connectivity index (χ3n) is 1.93. The van der Waals surface area contributed by atoms with E-state index in [1.165, 1.54) is 0 Å². The molecule has 2 nitrogen and oxygen atoms in total. The van der Waals surface area contributed by atoms with Crippen LogP contribution in [-0.2, 0) is 0 Å². The van der Waals surface area contributed by atoms with Crippen molar-refractivity contribution in [2.75, 3.05) is 0 Å². The molecule has 0 bridgehead atoms. The van der Waals surface area contributed by atoms with Crippen LogP contribution < -0.4 is 0 Å². The van der Waals surface area contributed by atoms with E-state index in [1.807, 2.05) is 24.3 Å². The highest BCUT2D eigenvalue weighted by Crippen LogP contribution is 2.21. The third-order valence-corrected chi connectivity index (χ3v) is 2.40. The molecule has 0 aliphatic rings. The molecular formula is C11H8BrNO. The quantitative estimate of drug-likeness (QED) is 0.788. The van der Waals surface area contributed by atoms with E-state index >= 15 is 0 Å². The van der Waals surface area contributed by atoms with Gasteiger partial charge in [0.1, 0.15) is 10.4 Å². The SMILES string of the molecule is Oc1ccc(-c2ccc(Br)nc2)cc1. The summed E-state index contributed by atoms with van der Waals surface area (Å²) in [7, 11) is 0. The van der Waals surface area contributed by atoms with Crippen LogP contribution in [0.2, 0.25) is 0 Å². The summed E-state index contributed by atoms with van der Waals surface area (Å²) in [4.78, 5) is 4.13. The maximum Gasteiger partial charge on any atom is 0.115 e. The van der Waals surface area contributed by atoms with Crippen LogP contribution in [-0.4, -0.2) is 10.1 Å². The number of aromatic nitrogens is 1. The topological polar surface area (TPSA) is 33.1 Å². The predicted octanol–water partition coefficient (Wildman–Crippen LogP) is 3.22. The largest absolute Gasteiger partial charge is 0.508 e. The Labute approximate surface area is 90.4 Å². The normalized spacial score (nSPS) is 10.1. The van der Waals surface area contributed by atoms with Crippen LogP contribution in [0.4, 0.5) is 0 Å². The molecule has 0 radical (unpaired) electrons. The highest BCUT2D eigenvalue weighted by molar-refractivity contribution is 9.10. The van der Waals surface area contributed by atoms with E-state index in [1.54, 1.807) is 18.3 Å². The highest BCUT2D eigenvalue weighted by atomic mass is 79.9. The molecule has 0 atom stereocenters. The molecule has 1 heterocycles. The Balaban J connectivity index is 2.40. The molecule has 0 saturated heterocycles. The summed E-state index contributed by atoms with van der Waals surface area (Å²) in [6.45, 7) is 0. The van der Waals surface area contributed by atoms with Gasteiger partial charge in [-0.2, -0.15) is 0 Å². The molecule has 14 heavy (non-hydrogen) atoms. The van der Waals surface area contributed by atoms with E-state index in [2.05, 4.69) is 20.9 Å². The van der Waals surface area contributed by atoms with Crippen LogP contribution in [0, 0.1) is 0 Å². The fraction of sp³-hybridized carbons (Fsp3) is 0. The van der Waals surface area contributed by atoms with Gasteiger partial charge in [-0.15, -0.1) is 0 Å². The van der Waals surface area contributed by atoms with E-state index in [9.17, 15) is 0 Å². The first kappa shape index (κ1) is 9.21. The number of hydrogen-bond acceptors (Lipinski definition) is 2. The monoisotopic (exact) mass is 249 g/mol. The van der Waals surface area contributed by atoms with Crippen molar-refractivity contribution in [2.45, 2.75) is 0 Å². The number of nitrogens with zero attached hydrogens (tertiary/aromatic N) is 1. The van der Waals surface area contributed by atoms with Crippen molar-refractivity contribution in [3.63, 3.8) is 0 Å². The van der Waals surface area contributed by atoms with Crippen molar-refractivity contribution in [3.05, 3.63) is 47.2 Å². The fourth-order valence-electron chi connectivity index (χ4n) is 1.20. The molecule has 0 amide bonds. The van der Waals surface area contributed by atoms with Crippen LogP contribution in [0.3, 0.4) is 0 Å². The number of benzene rings is 1. The number of aromatic hydroxyl groups is 1. The fourth-order valence-corrected chi connectivity index (χ4v) is 1.44. The Morgan fingerprint density at radius 3 is 2.14 bits per heavy atom. The van der Waals surface area contributed by atoms with Crippen molar-refractivity contribution in [1.82, 2.24) is 4.98 Å². The highest BCUT2D eigenvalue weighted by Gasteiger charge is 1.97. The van der Waals surface area contributed by atoms with Gasteiger partial charge in [-0.3, -0.25) is 0 Å². The van der Waals surface area contributed by atoms with Gasteiger partial charge in [-0.05, 0) is 39.7 Å². The molecule has 0 aliphatic carbocycles. The van der Waals surface area contributed by atoms with E-state index in [-0.39, 0.29) is 5.75 Å². The maximum atomic E-state index is 9.12. The van der Waals surface area contributed by atoms with Crippen molar-refractivity contribution in [3.8, 4) is 16.9 Å². The second kappa shape index (κ2) is 3.80. The second-order valence-corrected chi connectivity index (χ2v) is 3.73. The first-order chi connectivity index (χ1) is 6.75. The predicted molar refractivity (Wildman–Crippen MR) is 59.0 cm³/mol. The van der Waals surface area contributed by atoms with E-state index in [0.717, 1.165) is 15.7 Å². The number of halogens is 1. The standard InChI is InChI=1S/C11H8BrNO/c12-11-6-3-9(7-13-11)8-1-4-10(14)5-2-8/h1-7,14H. The summed E-state index contributed by atoms with van der Waals surface area (Å²) in [5, 5.41) is 9.12. The molecule has 0 unspecified atom stereocenters. The van der Waals surface area contributed by atoms with Crippen molar-refractivity contribution in [1.29, 1.82) is 0 Å². The van der Waals surface area contributed by atoms with Gasteiger partial charge in [0.2, 0.25) is 0 Å². The number of rotatable bonds is 1. The smallest absolute Gasteiger partial charge is 0.115 e. The number of phenols is 1. The zero-order valence-corrected chi connectivity index (χ0v) is 8.90. The van der Waals surface area contributed by atoms with Crippen molar-refractivity contribution in [2.24, 2.45) is 0 Å². The van der Waals surface area contributed by atoms with E-state index < -0.39 is 0 Å². The van der Waals surface area contributed by atoms with Gasteiger partial charge >= 0.3 is 0 Å². The van der Waals surface area contributed by atoms with Gasteiger partial charge in [0.25, 0.3) is 0 Å². The summed E-state index contributed by atoms with van der Waals surface area (Å²) >= 11 is 3.28. The van der Waals surface area contributed by atoms with Gasteiger partial charge in [0, 0.05) is 11.8 Å². The average Bonchev–Trinajstić information content (AvgIpc) is 2.21. The molecule has 1 N–H and O–H groups in total. The molecule has 1 aromatic carbocycles. The molecule has 0 fully saturated rings. The maximum absolute atomic E-state index is 9.12. The summed E-state index contributed by atoms with van der Waals surface area (Å²) in [6.07, 6.45) is 1.79. The van der Waals surface area contributed by atoms with Crippen LogP contribution >= 0.6 is 15.9 Å². The lowest BCUT2D eigenvalue weighted by Gasteiger charge is -2.00. The summed E-state index contributed by atoms with van der Waals surface area (Å²) in [5.74, 6) is 0.277. The van der Waals surface area contributed by atoms with Crippen LogP contribution in [0.5, 0.6) is 5.75 Å². The Hall–Kier alpha value is -1.35. The Morgan fingerprint density at radius 2 is 1.57 bits per heavy atom. The third kappa shape index (κ3) is 1.93. The van der Waals surface area contributed by atoms with Gasteiger partial charge in [0.15, 0.2) is 0 Å². The van der Waals surface area contributed by atoms with Crippen LogP contribution in [0.1, 0.15) is 0 Å². The zero-order valence-electron chi connectivity index (χ0n) is 7.31. The van der Waals surface area contributed by atoms with Crippen molar-refractivity contribution < 1.29 is 5.11 Å². The lowest BCUT2D eigenvalue weighted by molar-refractivity contribution is 0.475. The van der Waals surface area contributed by atoms with Crippen LogP contribution in [0.25, 0.3) is 11.1 Å². The summed E-state index contributed by atoms with van der Waals surface area (Å²) in [6, 6.07) is 10.9. The molecule has 1 aromatic heterocycles. The summed E-state index contributed by atoms with van der Waals surface area (Å²) < 4.78 is 0.819. The summed E-state index contributed by atoms with van der Waals surface area (Å²) in [5.41, 5.74) is 2.08. The number of pyridine rings is 1. The molecule has 0 aliphatic heterocycles. The molecular weight excluding hydrogens is 242 g/mol. The zero-order chi connectivity index (χ0) is 9.97. The minimum atomic E-state index is 0.277. The average molecular weight is 250 g/mol. The lowest BCUT2D eigenvalue weighted by atomic mass is 10.1. The van der Waals surface area contributed by atoms with Crippen molar-refractivity contribution >= 4 is 15.9 Å². The minimum Gasteiger partial charge on any atom is -0.508 e. The minimum absolute atomic E-state index is 0.277. The number of hydrogen-bond donors (Lipinski definition) is 1.